The summed E-state index contributed by atoms with van der Waals surface area (Å²) in [6, 6.07) is 10.0. The van der Waals surface area contributed by atoms with Crippen molar-refractivity contribution in [1.29, 1.82) is 0 Å². The Morgan fingerprint density at radius 2 is 2.32 bits per heavy atom. The minimum atomic E-state index is -0.992. The van der Waals surface area contributed by atoms with Crippen LogP contribution in [-0.4, -0.2) is 29.3 Å². The minimum absolute atomic E-state index is 0.141. The zero-order valence-corrected chi connectivity index (χ0v) is 12.4. The summed E-state index contributed by atoms with van der Waals surface area (Å²) >= 11 is 0. The van der Waals surface area contributed by atoms with Gasteiger partial charge in [0.1, 0.15) is 5.75 Å². The molecule has 0 saturated heterocycles. The number of aromatic nitrogens is 1. The van der Waals surface area contributed by atoms with Gasteiger partial charge in [-0.05, 0) is 36.6 Å². The average molecular weight is 298 g/mol. The fraction of sp³-hybridized carbons (Fsp3) is 0.294. The van der Waals surface area contributed by atoms with Gasteiger partial charge in [0, 0.05) is 29.9 Å². The van der Waals surface area contributed by atoms with Crippen molar-refractivity contribution < 1.29 is 14.6 Å². The molecule has 2 heterocycles. The minimum Gasteiger partial charge on any atom is -0.493 e. The van der Waals surface area contributed by atoms with E-state index in [1.807, 2.05) is 37.3 Å². The molecule has 1 aliphatic rings. The summed E-state index contributed by atoms with van der Waals surface area (Å²) in [6.07, 6.45) is 1.61. The largest absolute Gasteiger partial charge is 0.493 e. The fourth-order valence-electron chi connectivity index (χ4n) is 2.86. The number of fused-ring (bicyclic) bond motifs is 1. The van der Waals surface area contributed by atoms with Crippen LogP contribution >= 0.6 is 0 Å². The molecule has 5 nitrogen and oxygen atoms in total. The van der Waals surface area contributed by atoms with E-state index in [2.05, 4.69) is 10.3 Å². The number of rotatable bonds is 3. The summed E-state index contributed by atoms with van der Waals surface area (Å²) in [5, 5.41) is 11.3. The van der Waals surface area contributed by atoms with Crippen LogP contribution in [0.15, 0.2) is 36.5 Å². The maximum atomic E-state index is 10.7. The number of benzene rings is 1. The first-order valence-electron chi connectivity index (χ1n) is 7.30. The van der Waals surface area contributed by atoms with Gasteiger partial charge < -0.3 is 15.2 Å². The van der Waals surface area contributed by atoms with Crippen molar-refractivity contribution in [2.45, 2.75) is 19.3 Å². The predicted molar refractivity (Wildman–Crippen MR) is 83.3 cm³/mol. The first-order chi connectivity index (χ1) is 10.6. The Morgan fingerprint density at radius 3 is 3.09 bits per heavy atom. The molecule has 1 aromatic carbocycles. The van der Waals surface area contributed by atoms with Crippen LogP contribution in [0.3, 0.4) is 0 Å². The lowest BCUT2D eigenvalue weighted by Crippen LogP contribution is -2.29. The lowest BCUT2D eigenvalue weighted by atomic mass is 9.89. The monoisotopic (exact) mass is 298 g/mol. The topological polar surface area (TPSA) is 71.5 Å². The van der Waals surface area contributed by atoms with Gasteiger partial charge in [0.15, 0.2) is 0 Å². The SMILES string of the molecule is Cc1cc(-c2cccc3c2OCCC3CNC(=O)O)ccn1. The highest BCUT2D eigenvalue weighted by Gasteiger charge is 2.24. The molecule has 0 spiro atoms. The van der Waals surface area contributed by atoms with E-state index < -0.39 is 6.09 Å². The van der Waals surface area contributed by atoms with Crippen molar-refractivity contribution in [1.82, 2.24) is 10.3 Å². The molecule has 22 heavy (non-hydrogen) atoms. The number of nitrogens with zero attached hydrogens (tertiary/aromatic N) is 1. The molecule has 2 N–H and O–H groups in total. The molecule has 2 aromatic rings. The van der Waals surface area contributed by atoms with E-state index in [1.54, 1.807) is 6.20 Å². The Hall–Kier alpha value is -2.56. The first kappa shape index (κ1) is 14.4. The average Bonchev–Trinajstić information content (AvgIpc) is 2.52. The number of nitrogens with one attached hydrogen (secondary N) is 1. The number of amides is 1. The standard InChI is InChI=1S/C17H18N2O3/c1-11-9-12(5-7-18-11)14-3-2-4-15-13(10-19-17(20)21)6-8-22-16(14)15/h2-5,7,9,13,19H,6,8,10H2,1H3,(H,20,21). The number of aryl methyl sites for hydroxylation is 1. The first-order valence-corrected chi connectivity index (χ1v) is 7.30. The van der Waals surface area contributed by atoms with Crippen LogP contribution in [0.25, 0.3) is 11.1 Å². The van der Waals surface area contributed by atoms with Gasteiger partial charge in [-0.2, -0.15) is 0 Å². The molecule has 1 atom stereocenters. The van der Waals surface area contributed by atoms with Gasteiger partial charge in [-0.3, -0.25) is 4.98 Å². The summed E-state index contributed by atoms with van der Waals surface area (Å²) in [4.78, 5) is 15.0. The van der Waals surface area contributed by atoms with E-state index in [4.69, 9.17) is 9.84 Å². The molecule has 5 heteroatoms. The molecule has 0 bridgehead atoms. The van der Waals surface area contributed by atoms with E-state index in [1.165, 1.54) is 0 Å². The number of pyridine rings is 1. The Labute approximate surface area is 129 Å². The third-order valence-corrected chi connectivity index (χ3v) is 3.91. The van der Waals surface area contributed by atoms with Crippen LogP contribution in [0.5, 0.6) is 5.75 Å². The van der Waals surface area contributed by atoms with Gasteiger partial charge in [-0.1, -0.05) is 18.2 Å². The molecule has 1 unspecified atom stereocenters. The van der Waals surface area contributed by atoms with Crippen LogP contribution in [0.2, 0.25) is 0 Å². The normalized spacial score (nSPS) is 16.5. The molecule has 114 valence electrons. The van der Waals surface area contributed by atoms with Crippen molar-refractivity contribution in [2.75, 3.05) is 13.2 Å². The number of hydrogen-bond donors (Lipinski definition) is 2. The number of carbonyl (C=O) groups is 1. The summed E-state index contributed by atoms with van der Waals surface area (Å²) in [5.74, 6) is 0.999. The Morgan fingerprint density at radius 1 is 1.45 bits per heavy atom. The van der Waals surface area contributed by atoms with E-state index in [-0.39, 0.29) is 5.92 Å². The Kier molecular flexibility index (Phi) is 3.96. The number of hydrogen-bond acceptors (Lipinski definition) is 3. The molecular weight excluding hydrogens is 280 g/mol. The summed E-state index contributed by atoms with van der Waals surface area (Å²) in [5.41, 5.74) is 4.11. The van der Waals surface area contributed by atoms with Crippen molar-refractivity contribution in [3.8, 4) is 16.9 Å². The maximum Gasteiger partial charge on any atom is 0.404 e. The van der Waals surface area contributed by atoms with Crippen molar-refractivity contribution in [3.05, 3.63) is 47.8 Å². The van der Waals surface area contributed by atoms with Crippen molar-refractivity contribution in [2.24, 2.45) is 0 Å². The van der Waals surface area contributed by atoms with E-state index in [9.17, 15) is 4.79 Å². The number of ether oxygens (including phenoxy) is 1. The summed E-state index contributed by atoms with van der Waals surface area (Å²) in [6.45, 7) is 2.96. The number of carboxylic acid groups (broad SMARTS) is 1. The van der Waals surface area contributed by atoms with Crippen molar-refractivity contribution >= 4 is 6.09 Å². The van der Waals surface area contributed by atoms with Gasteiger partial charge in [-0.25, -0.2) is 4.79 Å². The highest BCUT2D eigenvalue weighted by Crippen LogP contribution is 2.40. The van der Waals surface area contributed by atoms with Crippen LogP contribution in [0.4, 0.5) is 4.79 Å². The fourth-order valence-corrected chi connectivity index (χ4v) is 2.86. The van der Waals surface area contributed by atoms with E-state index in [0.29, 0.717) is 13.2 Å². The third kappa shape index (κ3) is 2.88. The second-order valence-corrected chi connectivity index (χ2v) is 5.43. The van der Waals surface area contributed by atoms with E-state index in [0.717, 1.165) is 34.6 Å². The molecule has 0 fully saturated rings. The van der Waals surface area contributed by atoms with Crippen LogP contribution < -0.4 is 10.1 Å². The zero-order valence-electron chi connectivity index (χ0n) is 12.4. The highest BCUT2D eigenvalue weighted by atomic mass is 16.5. The van der Waals surface area contributed by atoms with Gasteiger partial charge in [0.05, 0.1) is 6.61 Å². The Balaban J connectivity index is 1.98. The molecule has 1 aliphatic heterocycles. The quantitative estimate of drug-likeness (QED) is 0.913. The van der Waals surface area contributed by atoms with E-state index >= 15 is 0 Å². The lowest BCUT2D eigenvalue weighted by molar-refractivity contribution is 0.191. The van der Waals surface area contributed by atoms with Gasteiger partial charge in [0.2, 0.25) is 0 Å². The van der Waals surface area contributed by atoms with Crippen LogP contribution in [-0.2, 0) is 0 Å². The summed E-state index contributed by atoms with van der Waals surface area (Å²) < 4.78 is 5.89. The molecule has 0 saturated carbocycles. The molecular formula is C17H18N2O3. The van der Waals surface area contributed by atoms with Gasteiger partial charge in [-0.15, -0.1) is 0 Å². The van der Waals surface area contributed by atoms with Gasteiger partial charge in [0.25, 0.3) is 0 Å². The molecule has 3 rings (SSSR count). The van der Waals surface area contributed by atoms with Crippen molar-refractivity contribution in [3.63, 3.8) is 0 Å². The zero-order chi connectivity index (χ0) is 15.5. The maximum absolute atomic E-state index is 10.7. The molecule has 0 radical (unpaired) electrons. The molecule has 1 amide bonds. The summed E-state index contributed by atoms with van der Waals surface area (Å²) in [7, 11) is 0. The second-order valence-electron chi connectivity index (χ2n) is 5.43. The third-order valence-electron chi connectivity index (χ3n) is 3.91. The number of para-hydroxylation sites is 1. The molecule has 0 aliphatic carbocycles. The smallest absolute Gasteiger partial charge is 0.404 e. The Bertz CT molecular complexity index is 700. The lowest BCUT2D eigenvalue weighted by Gasteiger charge is -2.27. The second kappa shape index (κ2) is 6.05. The predicted octanol–water partition coefficient (Wildman–Crippen LogP) is 3.19. The van der Waals surface area contributed by atoms with Gasteiger partial charge >= 0.3 is 6.09 Å². The van der Waals surface area contributed by atoms with Crippen LogP contribution in [0.1, 0.15) is 23.6 Å². The molecule has 1 aromatic heterocycles. The van der Waals surface area contributed by atoms with Crippen LogP contribution in [0, 0.1) is 6.92 Å². The highest BCUT2D eigenvalue weighted by molar-refractivity contribution is 5.73.